The van der Waals surface area contributed by atoms with E-state index in [1.54, 1.807) is 17.5 Å². The molecule has 1 aromatic heterocycles. The van der Waals surface area contributed by atoms with Gasteiger partial charge in [-0.1, -0.05) is 17.7 Å². The number of benzene rings is 1. The Morgan fingerprint density at radius 2 is 2.19 bits per heavy atom. The third kappa shape index (κ3) is 2.40. The highest BCUT2D eigenvalue weighted by molar-refractivity contribution is 7.12. The molecular weight excluding hydrogens is 251 g/mol. The Hall–Kier alpha value is -1.39. The zero-order valence-corrected chi connectivity index (χ0v) is 9.52. The van der Waals surface area contributed by atoms with Crippen molar-refractivity contribution in [3.8, 4) is 5.75 Å². The van der Waals surface area contributed by atoms with Gasteiger partial charge in [-0.3, -0.25) is 0 Å². The molecule has 0 atom stereocenters. The summed E-state index contributed by atoms with van der Waals surface area (Å²) in [6.45, 7) is 0. The molecular formula is C11H6ClFO2S. The van der Waals surface area contributed by atoms with Gasteiger partial charge in [0.25, 0.3) is 0 Å². The van der Waals surface area contributed by atoms with Crippen molar-refractivity contribution in [2.45, 2.75) is 0 Å². The summed E-state index contributed by atoms with van der Waals surface area (Å²) in [5.74, 6) is -0.814. The average molecular weight is 257 g/mol. The SMILES string of the molecule is O=C(Oc1ccc(F)cc1Cl)c1cccs1. The summed E-state index contributed by atoms with van der Waals surface area (Å²) in [4.78, 5) is 12.0. The summed E-state index contributed by atoms with van der Waals surface area (Å²) >= 11 is 6.99. The summed E-state index contributed by atoms with van der Waals surface area (Å²) < 4.78 is 17.8. The second kappa shape index (κ2) is 4.63. The minimum atomic E-state index is -0.497. The molecule has 0 spiro atoms. The minimum Gasteiger partial charge on any atom is -0.421 e. The van der Waals surface area contributed by atoms with E-state index < -0.39 is 11.8 Å². The molecule has 0 unspecified atom stereocenters. The molecule has 0 bridgehead atoms. The number of hydrogen-bond acceptors (Lipinski definition) is 3. The van der Waals surface area contributed by atoms with Crippen molar-refractivity contribution < 1.29 is 13.9 Å². The van der Waals surface area contributed by atoms with Gasteiger partial charge in [0, 0.05) is 0 Å². The highest BCUT2D eigenvalue weighted by atomic mass is 35.5. The van der Waals surface area contributed by atoms with Crippen molar-refractivity contribution in [3.63, 3.8) is 0 Å². The predicted molar refractivity (Wildman–Crippen MR) is 60.7 cm³/mol. The van der Waals surface area contributed by atoms with E-state index in [2.05, 4.69) is 0 Å². The number of halogens is 2. The second-order valence-corrected chi connectivity index (χ2v) is 4.30. The maximum Gasteiger partial charge on any atom is 0.353 e. The smallest absolute Gasteiger partial charge is 0.353 e. The van der Waals surface area contributed by atoms with Crippen LogP contribution in [0.25, 0.3) is 0 Å². The van der Waals surface area contributed by atoms with Crippen LogP contribution in [0.4, 0.5) is 4.39 Å². The first kappa shape index (κ1) is 11.1. The fourth-order valence-electron chi connectivity index (χ4n) is 1.10. The van der Waals surface area contributed by atoms with E-state index in [1.807, 2.05) is 0 Å². The lowest BCUT2D eigenvalue weighted by atomic mass is 10.3. The zero-order chi connectivity index (χ0) is 11.5. The molecule has 0 aliphatic rings. The van der Waals surface area contributed by atoms with Gasteiger partial charge < -0.3 is 4.74 Å². The Labute approximate surface area is 100 Å². The summed E-state index contributed by atoms with van der Waals surface area (Å²) in [6, 6.07) is 6.99. The predicted octanol–water partition coefficient (Wildman–Crippen LogP) is 3.76. The molecule has 0 aliphatic heterocycles. The van der Waals surface area contributed by atoms with E-state index >= 15 is 0 Å². The minimum absolute atomic E-state index is 0.0740. The summed E-state index contributed by atoms with van der Waals surface area (Å²) in [5.41, 5.74) is 0. The Kier molecular flexibility index (Phi) is 3.22. The third-order valence-electron chi connectivity index (χ3n) is 1.82. The topological polar surface area (TPSA) is 26.3 Å². The largest absolute Gasteiger partial charge is 0.421 e. The Morgan fingerprint density at radius 3 is 2.81 bits per heavy atom. The van der Waals surface area contributed by atoms with Gasteiger partial charge in [-0.15, -0.1) is 11.3 Å². The Morgan fingerprint density at radius 1 is 1.38 bits per heavy atom. The van der Waals surface area contributed by atoms with E-state index in [4.69, 9.17) is 16.3 Å². The molecule has 0 aliphatic carbocycles. The van der Waals surface area contributed by atoms with Crippen LogP contribution in [0, 0.1) is 5.82 Å². The first-order valence-electron chi connectivity index (χ1n) is 4.37. The molecule has 0 radical (unpaired) electrons. The van der Waals surface area contributed by atoms with Crippen LogP contribution in [-0.2, 0) is 0 Å². The van der Waals surface area contributed by atoms with Crippen LogP contribution in [0.1, 0.15) is 9.67 Å². The number of carbonyl (C=O) groups is 1. The van der Waals surface area contributed by atoms with Crippen molar-refractivity contribution in [1.29, 1.82) is 0 Å². The third-order valence-corrected chi connectivity index (χ3v) is 2.96. The van der Waals surface area contributed by atoms with E-state index in [9.17, 15) is 9.18 Å². The molecule has 0 amide bonds. The van der Waals surface area contributed by atoms with Crippen LogP contribution >= 0.6 is 22.9 Å². The fraction of sp³-hybridized carbons (Fsp3) is 0. The standard InChI is InChI=1S/C11H6ClFO2S/c12-8-6-7(13)3-4-9(8)15-11(14)10-2-1-5-16-10/h1-6H. The first-order chi connectivity index (χ1) is 7.66. The van der Waals surface area contributed by atoms with Gasteiger partial charge in [-0.05, 0) is 29.6 Å². The van der Waals surface area contributed by atoms with Crippen molar-refractivity contribution in [2.24, 2.45) is 0 Å². The fourth-order valence-corrected chi connectivity index (χ4v) is 1.91. The number of ether oxygens (including phenoxy) is 1. The second-order valence-electron chi connectivity index (χ2n) is 2.94. The van der Waals surface area contributed by atoms with E-state index in [1.165, 1.54) is 23.5 Å². The van der Waals surface area contributed by atoms with Crippen molar-refractivity contribution in [2.75, 3.05) is 0 Å². The van der Waals surface area contributed by atoms with Crippen LogP contribution in [0.3, 0.4) is 0 Å². The highest BCUT2D eigenvalue weighted by Crippen LogP contribution is 2.26. The molecule has 2 rings (SSSR count). The average Bonchev–Trinajstić information content (AvgIpc) is 2.75. The maximum absolute atomic E-state index is 12.7. The van der Waals surface area contributed by atoms with Crippen molar-refractivity contribution >= 4 is 28.9 Å². The lowest BCUT2D eigenvalue weighted by Crippen LogP contribution is -2.06. The van der Waals surface area contributed by atoms with Gasteiger partial charge in [0.05, 0.1) is 5.02 Å². The van der Waals surface area contributed by atoms with Gasteiger partial charge in [-0.2, -0.15) is 0 Å². The summed E-state index contributed by atoms with van der Waals surface area (Å²) in [7, 11) is 0. The lowest BCUT2D eigenvalue weighted by Gasteiger charge is -2.04. The molecule has 0 saturated heterocycles. The van der Waals surface area contributed by atoms with E-state index in [0.29, 0.717) is 4.88 Å². The number of carbonyl (C=O) groups excluding carboxylic acids is 1. The monoisotopic (exact) mass is 256 g/mol. The molecule has 0 N–H and O–H groups in total. The van der Waals surface area contributed by atoms with Crippen LogP contribution in [0.2, 0.25) is 5.02 Å². The van der Waals surface area contributed by atoms with Crippen molar-refractivity contribution in [3.05, 3.63) is 51.4 Å². The van der Waals surface area contributed by atoms with Gasteiger partial charge in [0.2, 0.25) is 0 Å². The number of esters is 1. The van der Waals surface area contributed by atoms with Crippen LogP contribution in [0.15, 0.2) is 35.7 Å². The van der Waals surface area contributed by atoms with E-state index in [0.717, 1.165) is 6.07 Å². The quantitative estimate of drug-likeness (QED) is 0.604. The summed E-state index contributed by atoms with van der Waals surface area (Å²) in [6.07, 6.45) is 0. The van der Waals surface area contributed by atoms with Crippen LogP contribution in [0.5, 0.6) is 5.75 Å². The van der Waals surface area contributed by atoms with E-state index in [-0.39, 0.29) is 10.8 Å². The van der Waals surface area contributed by atoms with Crippen LogP contribution < -0.4 is 4.74 Å². The molecule has 2 aromatic rings. The summed E-state index contributed by atoms with van der Waals surface area (Å²) in [5, 5.41) is 1.84. The number of rotatable bonds is 2. The molecule has 2 nitrogen and oxygen atoms in total. The number of hydrogen-bond donors (Lipinski definition) is 0. The van der Waals surface area contributed by atoms with Gasteiger partial charge in [0.1, 0.15) is 16.4 Å². The normalized spacial score (nSPS) is 10.1. The zero-order valence-electron chi connectivity index (χ0n) is 7.94. The highest BCUT2D eigenvalue weighted by Gasteiger charge is 2.12. The first-order valence-corrected chi connectivity index (χ1v) is 5.63. The Bertz CT molecular complexity index is 511. The molecule has 16 heavy (non-hydrogen) atoms. The van der Waals surface area contributed by atoms with Gasteiger partial charge >= 0.3 is 5.97 Å². The Balaban J connectivity index is 2.18. The van der Waals surface area contributed by atoms with Crippen LogP contribution in [-0.4, -0.2) is 5.97 Å². The maximum atomic E-state index is 12.7. The lowest BCUT2D eigenvalue weighted by molar-refractivity contribution is 0.0740. The number of thiophene rings is 1. The molecule has 0 saturated carbocycles. The molecule has 5 heteroatoms. The van der Waals surface area contributed by atoms with Gasteiger partial charge in [0.15, 0.2) is 0 Å². The van der Waals surface area contributed by atoms with Gasteiger partial charge in [-0.25, -0.2) is 9.18 Å². The molecule has 1 heterocycles. The molecule has 1 aromatic carbocycles. The molecule has 82 valence electrons. The molecule has 0 fully saturated rings. The van der Waals surface area contributed by atoms with Crippen molar-refractivity contribution in [1.82, 2.24) is 0 Å².